The van der Waals surface area contributed by atoms with Gasteiger partial charge in [0, 0.05) is 24.5 Å². The average molecular weight is 329 g/mol. The van der Waals surface area contributed by atoms with E-state index in [1.807, 2.05) is 20.8 Å². The van der Waals surface area contributed by atoms with E-state index in [0.717, 1.165) is 18.9 Å². The molecular formula is C21H32N2O. The Labute approximate surface area is 146 Å². The Morgan fingerprint density at radius 1 is 1.21 bits per heavy atom. The Morgan fingerprint density at radius 3 is 2.50 bits per heavy atom. The van der Waals surface area contributed by atoms with E-state index in [4.69, 9.17) is 0 Å². The van der Waals surface area contributed by atoms with Crippen molar-refractivity contribution in [2.24, 2.45) is 11.3 Å². The standard InChI is InChI=1S/C21H32N2O/c1-21(2,3)20(24)22-11-10-16-7-6-12-23(15-16)19-13-17-8-4-5-9-18(17)14-19/h4-5,8-9,16,19H,6-7,10-15H2,1-3H3,(H,22,24)/t16-/m1/s1. The molecule has 0 spiro atoms. The van der Waals surface area contributed by atoms with Crippen LogP contribution in [0, 0.1) is 11.3 Å². The summed E-state index contributed by atoms with van der Waals surface area (Å²) in [4.78, 5) is 14.7. The number of benzene rings is 1. The van der Waals surface area contributed by atoms with Crippen LogP contribution in [-0.2, 0) is 17.6 Å². The number of hydrogen-bond acceptors (Lipinski definition) is 2. The molecule has 1 aliphatic carbocycles. The molecule has 1 aromatic rings. The Bertz CT molecular complexity index is 550. The van der Waals surface area contributed by atoms with Crippen molar-refractivity contribution in [3.05, 3.63) is 35.4 Å². The van der Waals surface area contributed by atoms with Gasteiger partial charge in [-0.25, -0.2) is 0 Å². The van der Waals surface area contributed by atoms with E-state index >= 15 is 0 Å². The molecule has 1 aliphatic heterocycles. The van der Waals surface area contributed by atoms with Gasteiger partial charge in [0.2, 0.25) is 5.91 Å². The minimum Gasteiger partial charge on any atom is -0.356 e. The van der Waals surface area contributed by atoms with Crippen LogP contribution in [0.2, 0.25) is 0 Å². The molecule has 2 aliphatic rings. The second kappa shape index (κ2) is 7.26. The topological polar surface area (TPSA) is 32.3 Å². The summed E-state index contributed by atoms with van der Waals surface area (Å²) in [6, 6.07) is 9.60. The Hall–Kier alpha value is -1.35. The summed E-state index contributed by atoms with van der Waals surface area (Å²) in [6.07, 6.45) is 6.14. The van der Waals surface area contributed by atoms with Gasteiger partial charge in [-0.05, 0) is 55.7 Å². The smallest absolute Gasteiger partial charge is 0.225 e. The fourth-order valence-corrected chi connectivity index (χ4v) is 4.11. The van der Waals surface area contributed by atoms with Crippen LogP contribution in [0.5, 0.6) is 0 Å². The second-order valence-electron chi connectivity index (χ2n) is 8.63. The van der Waals surface area contributed by atoms with Crippen molar-refractivity contribution in [1.82, 2.24) is 10.2 Å². The molecule has 1 N–H and O–H groups in total. The summed E-state index contributed by atoms with van der Waals surface area (Å²) in [7, 11) is 0. The molecule has 1 saturated heterocycles. The van der Waals surface area contributed by atoms with Crippen LogP contribution in [0.4, 0.5) is 0 Å². The highest BCUT2D eigenvalue weighted by Crippen LogP contribution is 2.29. The largest absolute Gasteiger partial charge is 0.356 e. The number of carbonyl (C=O) groups is 1. The molecule has 3 nitrogen and oxygen atoms in total. The number of piperidine rings is 1. The van der Waals surface area contributed by atoms with Crippen LogP contribution in [-0.4, -0.2) is 36.5 Å². The number of hydrogen-bond donors (Lipinski definition) is 1. The predicted octanol–water partition coefficient (Wildman–Crippen LogP) is 3.42. The number of amides is 1. The predicted molar refractivity (Wildman–Crippen MR) is 99.0 cm³/mol. The summed E-state index contributed by atoms with van der Waals surface area (Å²) >= 11 is 0. The van der Waals surface area contributed by atoms with Crippen molar-refractivity contribution in [1.29, 1.82) is 0 Å². The van der Waals surface area contributed by atoms with Gasteiger partial charge in [0.1, 0.15) is 0 Å². The van der Waals surface area contributed by atoms with Gasteiger partial charge >= 0.3 is 0 Å². The lowest BCUT2D eigenvalue weighted by atomic mass is 9.92. The molecule has 0 aromatic heterocycles. The van der Waals surface area contributed by atoms with Gasteiger partial charge < -0.3 is 5.32 Å². The summed E-state index contributed by atoms with van der Waals surface area (Å²) in [5.41, 5.74) is 2.80. The zero-order chi connectivity index (χ0) is 17.2. The fourth-order valence-electron chi connectivity index (χ4n) is 4.11. The zero-order valence-corrected chi connectivity index (χ0v) is 15.5. The molecule has 1 heterocycles. The van der Waals surface area contributed by atoms with Crippen molar-refractivity contribution in [3.63, 3.8) is 0 Å². The third kappa shape index (κ3) is 4.18. The number of fused-ring (bicyclic) bond motifs is 1. The minimum atomic E-state index is -0.284. The molecule has 3 rings (SSSR count). The van der Waals surface area contributed by atoms with Gasteiger partial charge in [0.05, 0.1) is 0 Å². The molecule has 24 heavy (non-hydrogen) atoms. The summed E-state index contributed by atoms with van der Waals surface area (Å²) in [5, 5.41) is 3.11. The third-order valence-electron chi connectivity index (χ3n) is 5.62. The summed E-state index contributed by atoms with van der Waals surface area (Å²) < 4.78 is 0. The molecule has 3 heteroatoms. The lowest BCUT2D eigenvalue weighted by molar-refractivity contribution is -0.128. The Kier molecular flexibility index (Phi) is 5.29. The first-order valence-corrected chi connectivity index (χ1v) is 9.52. The maximum absolute atomic E-state index is 12.0. The molecule has 0 bridgehead atoms. The molecule has 1 amide bonds. The van der Waals surface area contributed by atoms with E-state index in [9.17, 15) is 4.79 Å². The second-order valence-corrected chi connectivity index (χ2v) is 8.63. The number of likely N-dealkylation sites (tertiary alicyclic amines) is 1. The number of carbonyl (C=O) groups excluding carboxylic acids is 1. The number of nitrogens with one attached hydrogen (secondary N) is 1. The van der Waals surface area contributed by atoms with Gasteiger partial charge in [-0.2, -0.15) is 0 Å². The van der Waals surface area contributed by atoms with Gasteiger partial charge in [-0.15, -0.1) is 0 Å². The molecule has 0 saturated carbocycles. The molecule has 0 unspecified atom stereocenters. The highest BCUT2D eigenvalue weighted by atomic mass is 16.2. The maximum atomic E-state index is 12.0. The zero-order valence-electron chi connectivity index (χ0n) is 15.5. The van der Waals surface area contributed by atoms with Crippen molar-refractivity contribution >= 4 is 5.91 Å². The van der Waals surface area contributed by atoms with E-state index in [0.29, 0.717) is 6.04 Å². The van der Waals surface area contributed by atoms with E-state index < -0.39 is 0 Å². The average Bonchev–Trinajstić information content (AvgIpc) is 2.98. The van der Waals surface area contributed by atoms with E-state index in [1.54, 1.807) is 11.1 Å². The van der Waals surface area contributed by atoms with Gasteiger partial charge in [0.15, 0.2) is 0 Å². The quantitative estimate of drug-likeness (QED) is 0.918. The maximum Gasteiger partial charge on any atom is 0.225 e. The lowest BCUT2D eigenvalue weighted by Crippen LogP contribution is -2.44. The summed E-state index contributed by atoms with van der Waals surface area (Å²) in [5.74, 6) is 0.893. The van der Waals surface area contributed by atoms with Crippen LogP contribution >= 0.6 is 0 Å². The molecule has 1 aromatic carbocycles. The fraction of sp³-hybridized carbons (Fsp3) is 0.667. The van der Waals surface area contributed by atoms with E-state index in [2.05, 4.69) is 34.5 Å². The summed E-state index contributed by atoms with van der Waals surface area (Å²) in [6.45, 7) is 9.18. The monoisotopic (exact) mass is 328 g/mol. The SMILES string of the molecule is CC(C)(C)C(=O)NCC[C@H]1CCCN(C2Cc3ccccc3C2)C1. The van der Waals surface area contributed by atoms with E-state index in [-0.39, 0.29) is 11.3 Å². The highest BCUT2D eigenvalue weighted by molar-refractivity contribution is 5.81. The van der Waals surface area contributed by atoms with Gasteiger partial charge in [-0.1, -0.05) is 45.0 Å². The van der Waals surface area contributed by atoms with Crippen LogP contribution < -0.4 is 5.32 Å². The van der Waals surface area contributed by atoms with Crippen molar-refractivity contribution in [3.8, 4) is 0 Å². The van der Waals surface area contributed by atoms with Gasteiger partial charge in [0.25, 0.3) is 0 Å². The molecule has 1 fully saturated rings. The van der Waals surface area contributed by atoms with E-state index in [1.165, 1.54) is 38.8 Å². The first-order valence-electron chi connectivity index (χ1n) is 9.52. The van der Waals surface area contributed by atoms with Crippen LogP contribution in [0.25, 0.3) is 0 Å². The first-order chi connectivity index (χ1) is 11.4. The molecule has 1 atom stereocenters. The Balaban J connectivity index is 1.46. The minimum absolute atomic E-state index is 0.168. The van der Waals surface area contributed by atoms with Crippen molar-refractivity contribution in [2.75, 3.05) is 19.6 Å². The number of nitrogens with zero attached hydrogens (tertiary/aromatic N) is 1. The van der Waals surface area contributed by atoms with Crippen LogP contribution in [0.1, 0.15) is 51.2 Å². The molecule has 132 valence electrons. The van der Waals surface area contributed by atoms with Crippen molar-refractivity contribution in [2.45, 2.75) is 58.9 Å². The van der Waals surface area contributed by atoms with Crippen LogP contribution in [0.3, 0.4) is 0 Å². The Morgan fingerprint density at radius 2 is 1.88 bits per heavy atom. The normalized spacial score (nSPS) is 22.4. The van der Waals surface area contributed by atoms with Crippen LogP contribution in [0.15, 0.2) is 24.3 Å². The molecular weight excluding hydrogens is 296 g/mol. The van der Waals surface area contributed by atoms with Gasteiger partial charge in [-0.3, -0.25) is 9.69 Å². The molecule has 0 radical (unpaired) electrons. The lowest BCUT2D eigenvalue weighted by Gasteiger charge is -2.37. The third-order valence-corrected chi connectivity index (χ3v) is 5.62. The first kappa shape index (κ1) is 17.5. The highest BCUT2D eigenvalue weighted by Gasteiger charge is 2.30. The van der Waals surface area contributed by atoms with Crippen molar-refractivity contribution < 1.29 is 4.79 Å². The number of rotatable bonds is 4.